The van der Waals surface area contributed by atoms with E-state index in [1.54, 1.807) is 0 Å². The van der Waals surface area contributed by atoms with Gasteiger partial charge in [0.1, 0.15) is 0 Å². The molecule has 0 amide bonds. The number of aryl methyl sites for hydroxylation is 1. The summed E-state index contributed by atoms with van der Waals surface area (Å²) in [5.41, 5.74) is 1.51. The van der Waals surface area contributed by atoms with Crippen molar-refractivity contribution in [1.82, 2.24) is 0 Å². The number of hydrogen-bond acceptors (Lipinski definition) is 0. The Labute approximate surface area is 350 Å². The average molecular weight is 769 g/mol. The molecule has 0 saturated carbocycles. The van der Waals surface area contributed by atoms with Gasteiger partial charge in [-0.1, -0.05) is 204 Å². The molecule has 0 N–H and O–H groups in total. The molecule has 0 aromatic heterocycles. The van der Waals surface area contributed by atoms with Crippen LogP contribution in [-0.2, 0) is 6.42 Å². The Morgan fingerprint density at radius 3 is 0.833 bits per heavy atom. The van der Waals surface area contributed by atoms with Crippen LogP contribution in [0, 0.1) is 0 Å². The first-order valence-electron chi connectivity index (χ1n) is 22.9. The Morgan fingerprint density at radius 2 is 0.483 bits per heavy atom. The van der Waals surface area contributed by atoms with E-state index in [0.717, 1.165) is 6.42 Å². The lowest BCUT2D eigenvalue weighted by Gasteiger charge is -2.28. The van der Waals surface area contributed by atoms with Crippen molar-refractivity contribution >= 4 is 129 Å². The topological polar surface area (TPSA) is 0 Å². The molecule has 0 saturated heterocycles. The molecule has 0 heterocycles. The number of unbranched alkanes of at least 4 members (excludes halogenated alkanes) is 9. The molecule has 0 radical (unpaired) electrons. The highest BCUT2D eigenvalue weighted by molar-refractivity contribution is 6.60. The lowest BCUT2D eigenvalue weighted by molar-refractivity contribution is 0.556. The molecule has 0 spiro atoms. The maximum absolute atomic E-state index is 2.47. The smallest absolute Gasteiger partial charge is 0.0000374 e. The third kappa shape index (κ3) is 4.57. The summed E-state index contributed by atoms with van der Waals surface area (Å²) in [7, 11) is 0. The van der Waals surface area contributed by atoms with Gasteiger partial charge in [0.05, 0.1) is 0 Å². The summed E-state index contributed by atoms with van der Waals surface area (Å²) in [5, 5.41) is 33.7. The zero-order valence-corrected chi connectivity index (χ0v) is 34.6. The van der Waals surface area contributed by atoms with Gasteiger partial charge in [-0.3, -0.25) is 0 Å². The van der Waals surface area contributed by atoms with Gasteiger partial charge < -0.3 is 0 Å². The Bertz CT molecular complexity index is 3690. The predicted molar refractivity (Wildman–Crippen MR) is 266 cm³/mol. The van der Waals surface area contributed by atoms with Crippen LogP contribution in [0.1, 0.15) is 76.7 Å². The fourth-order valence-corrected chi connectivity index (χ4v) is 12.4. The monoisotopic (exact) mass is 768 g/mol. The second-order valence-corrected chi connectivity index (χ2v) is 18.0. The summed E-state index contributed by atoms with van der Waals surface area (Å²) >= 11 is 0. The minimum absolute atomic E-state index is 1.11. The Balaban J connectivity index is 1.23. The van der Waals surface area contributed by atoms with Crippen LogP contribution in [0.4, 0.5) is 0 Å². The van der Waals surface area contributed by atoms with E-state index in [1.807, 2.05) is 0 Å². The quantitative estimate of drug-likeness (QED) is 0.0698. The molecule has 13 rings (SSSR count). The zero-order valence-electron chi connectivity index (χ0n) is 34.6. The van der Waals surface area contributed by atoms with Crippen LogP contribution in [0.15, 0.2) is 140 Å². The van der Waals surface area contributed by atoms with Gasteiger partial charge in [-0.05, 0) is 148 Å². The first-order chi connectivity index (χ1) is 29.8. The van der Waals surface area contributed by atoms with Crippen molar-refractivity contribution in [1.29, 1.82) is 0 Å². The lowest BCUT2D eigenvalue weighted by Crippen LogP contribution is -2.00. The van der Waals surface area contributed by atoms with Crippen LogP contribution >= 0.6 is 0 Å². The van der Waals surface area contributed by atoms with Crippen LogP contribution in [0.25, 0.3) is 129 Å². The van der Waals surface area contributed by atoms with Gasteiger partial charge in [0.15, 0.2) is 0 Å². The van der Waals surface area contributed by atoms with E-state index in [9.17, 15) is 0 Å². The van der Waals surface area contributed by atoms with Gasteiger partial charge >= 0.3 is 0 Å². The van der Waals surface area contributed by atoms with E-state index in [-0.39, 0.29) is 0 Å². The maximum atomic E-state index is 2.47. The standard InChI is InChI=1S/C60H48/c1-2-3-4-5-6-7-8-9-10-11-23-36-24-22-35-47-48(36)54-46-34-21-20-33-45(46)52-42-30-17-16-29-41(42)50-39-27-14-12-25-37(39)49-38-26-13-15-28-40(38)51-43-31-18-19-32-44(43)53(47)59-57(51)55(49)56(50)58(52)60(54)59/h12-22,24-35H,2-11,23H2,1H3. The second kappa shape index (κ2) is 13.4. The molecule has 0 bridgehead atoms. The normalized spacial score (nSPS) is 12.8. The molecule has 0 atom stereocenters. The highest BCUT2D eigenvalue weighted by Gasteiger charge is 2.30. The first-order valence-corrected chi connectivity index (χ1v) is 22.9. The number of hydrogen-bond donors (Lipinski definition) is 0. The molecule has 0 nitrogen and oxygen atoms in total. The Kier molecular flexibility index (Phi) is 7.72. The molecule has 0 heteroatoms. The molecule has 0 aliphatic heterocycles. The summed E-state index contributed by atoms with van der Waals surface area (Å²) in [5.74, 6) is 0. The Hall–Kier alpha value is -6.24. The zero-order chi connectivity index (χ0) is 39.5. The van der Waals surface area contributed by atoms with Gasteiger partial charge in [0.25, 0.3) is 0 Å². The third-order valence-corrected chi connectivity index (χ3v) is 14.8. The van der Waals surface area contributed by atoms with Gasteiger partial charge in [0, 0.05) is 0 Å². The van der Waals surface area contributed by atoms with Crippen molar-refractivity contribution in [2.45, 2.75) is 77.6 Å². The van der Waals surface area contributed by atoms with E-state index in [2.05, 4.69) is 146 Å². The minimum atomic E-state index is 1.11. The Morgan fingerprint density at radius 1 is 0.217 bits per heavy atom. The molecule has 0 aliphatic rings. The summed E-state index contributed by atoms with van der Waals surface area (Å²) in [6.07, 6.45) is 14.6. The molecule has 60 heavy (non-hydrogen) atoms. The van der Waals surface area contributed by atoms with E-state index in [1.165, 1.54) is 199 Å². The van der Waals surface area contributed by atoms with E-state index in [4.69, 9.17) is 0 Å². The van der Waals surface area contributed by atoms with Crippen LogP contribution in [0.5, 0.6) is 0 Å². The molecule has 0 unspecified atom stereocenters. The van der Waals surface area contributed by atoms with Crippen molar-refractivity contribution in [2.75, 3.05) is 0 Å². The highest BCUT2D eigenvalue weighted by Crippen LogP contribution is 2.59. The van der Waals surface area contributed by atoms with Crippen molar-refractivity contribution in [3.63, 3.8) is 0 Å². The van der Waals surface area contributed by atoms with Crippen LogP contribution in [0.2, 0.25) is 0 Å². The molecule has 0 fully saturated rings. The fraction of sp³-hybridized carbons (Fsp3) is 0.200. The van der Waals surface area contributed by atoms with Crippen molar-refractivity contribution in [3.8, 4) is 0 Å². The van der Waals surface area contributed by atoms with Gasteiger partial charge in [-0.25, -0.2) is 0 Å². The summed E-state index contributed by atoms with van der Waals surface area (Å²) in [6, 6.07) is 54.0. The van der Waals surface area contributed by atoms with Crippen LogP contribution < -0.4 is 0 Å². The number of rotatable bonds is 11. The predicted octanol–water partition coefficient (Wildman–Crippen LogP) is 18.3. The second-order valence-electron chi connectivity index (χ2n) is 18.0. The van der Waals surface area contributed by atoms with Crippen molar-refractivity contribution in [3.05, 3.63) is 145 Å². The third-order valence-electron chi connectivity index (χ3n) is 14.8. The maximum Gasteiger partial charge on any atom is -0.0000374 e. The number of fused-ring (bicyclic) bond motifs is 18. The molecule has 13 aromatic carbocycles. The van der Waals surface area contributed by atoms with E-state index >= 15 is 0 Å². The molecule has 0 aliphatic carbocycles. The molecular weight excluding hydrogens is 721 g/mol. The van der Waals surface area contributed by atoms with Gasteiger partial charge in [-0.2, -0.15) is 0 Å². The molecule has 288 valence electrons. The summed E-state index contributed by atoms with van der Waals surface area (Å²) in [6.45, 7) is 2.31. The number of benzene rings is 13. The minimum Gasteiger partial charge on any atom is -0.0654 e. The molecule has 13 aromatic rings. The average Bonchev–Trinajstić information content (AvgIpc) is 3.30. The van der Waals surface area contributed by atoms with Gasteiger partial charge in [-0.15, -0.1) is 0 Å². The largest absolute Gasteiger partial charge is 0.0654 e. The van der Waals surface area contributed by atoms with Gasteiger partial charge in [0.2, 0.25) is 0 Å². The van der Waals surface area contributed by atoms with E-state index in [0.29, 0.717) is 0 Å². The SMILES string of the molecule is CCCCCCCCCCCCc1cccc2c1c1c3ccccc3c3c4ccccc4c4c5ccccc5c5c6ccccc6c6c7ccccc7c2c2c6c5c4c3c12. The van der Waals surface area contributed by atoms with Crippen LogP contribution in [0.3, 0.4) is 0 Å². The molecular formula is C60H48. The summed E-state index contributed by atoms with van der Waals surface area (Å²) < 4.78 is 0. The fourth-order valence-electron chi connectivity index (χ4n) is 12.4. The van der Waals surface area contributed by atoms with Crippen LogP contribution in [-0.4, -0.2) is 0 Å². The summed E-state index contributed by atoms with van der Waals surface area (Å²) in [4.78, 5) is 0. The van der Waals surface area contributed by atoms with E-state index < -0.39 is 0 Å². The first kappa shape index (κ1) is 34.6. The van der Waals surface area contributed by atoms with Crippen molar-refractivity contribution < 1.29 is 0 Å². The lowest BCUT2D eigenvalue weighted by atomic mass is 9.74. The van der Waals surface area contributed by atoms with Crippen molar-refractivity contribution in [2.24, 2.45) is 0 Å². The highest BCUT2D eigenvalue weighted by atomic mass is 14.3.